The molecule has 4 rings (SSSR count). The molecule has 3 aromatic carbocycles. The smallest absolute Gasteiger partial charge is 0.255 e. The fraction of sp³-hybridized carbons (Fsp3) is 0.406. The minimum atomic E-state index is -1.89. The maximum atomic E-state index is 12.6. The number of anilines is 1. The summed E-state index contributed by atoms with van der Waals surface area (Å²) in [5.74, 6) is 1.84. The zero-order chi connectivity index (χ0) is 28.0. The minimum Gasteiger partial charge on any atom is -0.497 e. The van der Waals surface area contributed by atoms with Crippen molar-refractivity contribution in [2.75, 3.05) is 26.1 Å². The van der Waals surface area contributed by atoms with Crippen molar-refractivity contribution in [3.63, 3.8) is 0 Å². The quantitative estimate of drug-likeness (QED) is 0.303. The molecule has 3 aromatic rings. The van der Waals surface area contributed by atoms with E-state index in [9.17, 15) is 9.90 Å². The first-order valence-corrected chi connectivity index (χ1v) is 16.8. The Hall–Kier alpha value is -3.13. The van der Waals surface area contributed by atoms with Crippen LogP contribution in [0.1, 0.15) is 35.7 Å². The van der Waals surface area contributed by atoms with E-state index in [0.29, 0.717) is 23.4 Å². The average Bonchev–Trinajstić information content (AvgIpc) is 3.28. The van der Waals surface area contributed by atoms with Gasteiger partial charge in [0.15, 0.2) is 0 Å². The zero-order valence-corrected chi connectivity index (χ0v) is 24.6. The first-order valence-electron chi connectivity index (χ1n) is 13.7. The molecule has 39 heavy (non-hydrogen) atoms. The van der Waals surface area contributed by atoms with Crippen molar-refractivity contribution >= 4 is 24.9 Å². The third-order valence-corrected chi connectivity index (χ3v) is 12.7. The summed E-state index contributed by atoms with van der Waals surface area (Å²) >= 11 is 0. The lowest BCUT2D eigenvalue weighted by Crippen LogP contribution is -2.50. The molecule has 4 atom stereocenters. The van der Waals surface area contributed by atoms with Gasteiger partial charge in [-0.15, -0.1) is 0 Å². The number of carbonyl (C=O) groups is 1. The van der Waals surface area contributed by atoms with E-state index in [1.165, 1.54) is 10.8 Å². The summed E-state index contributed by atoms with van der Waals surface area (Å²) in [5, 5.41) is 14.1. The Labute approximate surface area is 233 Å². The minimum absolute atomic E-state index is 0.0642. The molecule has 0 aromatic heterocycles. The highest BCUT2D eigenvalue weighted by molar-refractivity contribution is 6.91. The third kappa shape index (κ3) is 6.72. The van der Waals surface area contributed by atoms with Crippen LogP contribution in [0.2, 0.25) is 18.6 Å². The molecule has 1 aliphatic rings. The standard InChI is InChI=1S/C32H41NO5Si/c1-22-29(38-30(20-21-34)31(22)39(4,5)28-17-15-27(37-3)16-18-28)19-8-23-6-11-25(12-7-23)33-32(35)24-9-13-26(36-2)14-10-24/h6-7,9-18,22,29-31,34H,8,19-21H2,1-5H3,(H,33,35)/t22-,29+,30-,31+/m0/s1. The van der Waals surface area contributed by atoms with Gasteiger partial charge in [0.05, 0.1) is 34.5 Å². The first-order chi connectivity index (χ1) is 18.8. The van der Waals surface area contributed by atoms with Crippen LogP contribution in [0.25, 0.3) is 0 Å². The van der Waals surface area contributed by atoms with E-state index in [4.69, 9.17) is 14.2 Å². The van der Waals surface area contributed by atoms with E-state index >= 15 is 0 Å². The van der Waals surface area contributed by atoms with Crippen LogP contribution < -0.4 is 20.0 Å². The Bertz CT molecular complexity index is 1210. The second-order valence-electron chi connectivity index (χ2n) is 11.0. The van der Waals surface area contributed by atoms with E-state index in [1.54, 1.807) is 38.5 Å². The van der Waals surface area contributed by atoms with Crippen LogP contribution >= 0.6 is 0 Å². The van der Waals surface area contributed by atoms with Gasteiger partial charge < -0.3 is 24.6 Å². The maximum absolute atomic E-state index is 12.6. The number of aryl methyl sites for hydroxylation is 1. The number of aliphatic hydroxyl groups excluding tert-OH is 1. The van der Waals surface area contributed by atoms with Crippen LogP contribution in [0.3, 0.4) is 0 Å². The Morgan fingerprint density at radius 1 is 0.872 bits per heavy atom. The van der Waals surface area contributed by atoms with E-state index in [1.807, 2.05) is 24.3 Å². The van der Waals surface area contributed by atoms with Gasteiger partial charge in [0.1, 0.15) is 11.5 Å². The normalized spacial score (nSPS) is 21.0. The van der Waals surface area contributed by atoms with Crippen molar-refractivity contribution in [1.29, 1.82) is 0 Å². The van der Waals surface area contributed by atoms with Crippen molar-refractivity contribution < 1.29 is 24.1 Å². The molecule has 1 saturated heterocycles. The molecule has 208 valence electrons. The topological polar surface area (TPSA) is 77.0 Å². The van der Waals surface area contributed by atoms with Crippen molar-refractivity contribution in [2.24, 2.45) is 5.92 Å². The third-order valence-electron chi connectivity index (χ3n) is 8.27. The molecule has 1 heterocycles. The van der Waals surface area contributed by atoms with Gasteiger partial charge >= 0.3 is 0 Å². The molecule has 2 N–H and O–H groups in total. The summed E-state index contributed by atoms with van der Waals surface area (Å²) in [6.45, 7) is 7.30. The lowest BCUT2D eigenvalue weighted by molar-refractivity contribution is 0.0196. The van der Waals surface area contributed by atoms with Crippen molar-refractivity contribution in [3.05, 3.63) is 83.9 Å². The maximum Gasteiger partial charge on any atom is 0.255 e. The van der Waals surface area contributed by atoms with Crippen LogP contribution in [0.15, 0.2) is 72.8 Å². The number of ether oxygens (including phenoxy) is 3. The van der Waals surface area contributed by atoms with E-state index in [-0.39, 0.29) is 24.7 Å². The van der Waals surface area contributed by atoms with E-state index in [2.05, 4.69) is 49.6 Å². The van der Waals surface area contributed by atoms with Crippen molar-refractivity contribution in [3.8, 4) is 11.5 Å². The Morgan fingerprint density at radius 3 is 2.03 bits per heavy atom. The monoisotopic (exact) mass is 547 g/mol. The molecule has 0 saturated carbocycles. The number of methoxy groups -OCH3 is 2. The molecule has 0 unspecified atom stereocenters. The van der Waals surface area contributed by atoms with Crippen LogP contribution in [0.4, 0.5) is 5.69 Å². The molecular formula is C32H41NO5Si. The van der Waals surface area contributed by atoms with Crippen LogP contribution in [-0.4, -0.2) is 52.1 Å². The van der Waals surface area contributed by atoms with Gasteiger partial charge in [-0.1, -0.05) is 49.5 Å². The fourth-order valence-corrected chi connectivity index (χ4v) is 10.2. The van der Waals surface area contributed by atoms with Gasteiger partial charge in [-0.2, -0.15) is 0 Å². The number of rotatable bonds is 11. The fourth-order valence-electron chi connectivity index (χ4n) is 6.05. The van der Waals surface area contributed by atoms with Gasteiger partial charge in [0, 0.05) is 17.9 Å². The predicted molar refractivity (Wildman–Crippen MR) is 159 cm³/mol. The van der Waals surface area contributed by atoms with Crippen LogP contribution in [0, 0.1) is 5.92 Å². The molecule has 0 radical (unpaired) electrons. The Morgan fingerprint density at radius 2 is 1.46 bits per heavy atom. The summed E-state index contributed by atoms with van der Waals surface area (Å²) in [5.41, 5.74) is 2.97. The number of hydrogen-bond acceptors (Lipinski definition) is 5. The van der Waals surface area contributed by atoms with Gasteiger partial charge in [-0.25, -0.2) is 0 Å². The summed E-state index contributed by atoms with van der Waals surface area (Å²) in [4.78, 5) is 12.6. The molecule has 0 spiro atoms. The Balaban J connectivity index is 1.38. The number of carbonyl (C=O) groups excluding carboxylic acids is 1. The zero-order valence-electron chi connectivity index (χ0n) is 23.6. The van der Waals surface area contributed by atoms with Gasteiger partial charge in [-0.3, -0.25) is 4.79 Å². The molecule has 6 nitrogen and oxygen atoms in total. The number of hydrogen-bond donors (Lipinski definition) is 2. The molecule has 0 bridgehead atoms. The largest absolute Gasteiger partial charge is 0.497 e. The number of amides is 1. The lowest BCUT2D eigenvalue weighted by Gasteiger charge is -2.36. The summed E-state index contributed by atoms with van der Waals surface area (Å²) < 4.78 is 17.2. The number of benzene rings is 3. The van der Waals surface area contributed by atoms with Crippen molar-refractivity contribution in [2.45, 2.75) is 57.0 Å². The van der Waals surface area contributed by atoms with Gasteiger partial charge in [0.25, 0.3) is 5.91 Å². The number of aliphatic hydroxyl groups is 1. The molecule has 1 aliphatic heterocycles. The second kappa shape index (κ2) is 12.8. The number of nitrogens with one attached hydrogen (secondary N) is 1. The molecular weight excluding hydrogens is 506 g/mol. The average molecular weight is 548 g/mol. The van der Waals surface area contributed by atoms with Crippen LogP contribution in [0.5, 0.6) is 11.5 Å². The second-order valence-corrected chi connectivity index (χ2v) is 15.7. The van der Waals surface area contributed by atoms with E-state index < -0.39 is 8.07 Å². The SMILES string of the molecule is COc1ccc(C(=O)Nc2ccc(CC[C@H]3O[C@@H](CCO)[C@H]([Si](C)(C)c4ccc(OC)cc4)[C@H]3C)cc2)cc1. The molecule has 0 aliphatic carbocycles. The Kier molecular flexibility index (Phi) is 9.48. The molecule has 1 fully saturated rings. The predicted octanol–water partition coefficient (Wildman–Crippen LogP) is 5.66. The highest BCUT2D eigenvalue weighted by atomic mass is 28.3. The van der Waals surface area contributed by atoms with Gasteiger partial charge in [0.2, 0.25) is 0 Å². The summed E-state index contributed by atoms with van der Waals surface area (Å²) in [7, 11) is 1.41. The molecule has 1 amide bonds. The van der Waals surface area contributed by atoms with E-state index in [0.717, 1.165) is 30.0 Å². The van der Waals surface area contributed by atoms with Gasteiger partial charge in [-0.05, 0) is 84.8 Å². The lowest BCUT2D eigenvalue weighted by atomic mass is 9.95. The summed E-state index contributed by atoms with van der Waals surface area (Å²) in [6, 6.07) is 23.6. The van der Waals surface area contributed by atoms with Crippen molar-refractivity contribution in [1.82, 2.24) is 0 Å². The molecule has 7 heteroatoms. The highest BCUT2D eigenvalue weighted by Crippen LogP contribution is 2.46. The summed E-state index contributed by atoms with van der Waals surface area (Å²) in [6.07, 6.45) is 2.69. The van der Waals surface area contributed by atoms with Crippen LogP contribution in [-0.2, 0) is 11.2 Å². The highest BCUT2D eigenvalue weighted by Gasteiger charge is 2.50. The first kappa shape index (κ1) is 28.9.